The average molecular weight is 291 g/mol. The Bertz CT molecular complexity index is 537. The van der Waals surface area contributed by atoms with E-state index >= 15 is 0 Å². The molecule has 1 aromatic carbocycles. The summed E-state index contributed by atoms with van der Waals surface area (Å²) in [5, 5.41) is 4.62. The van der Waals surface area contributed by atoms with Crippen LogP contribution in [0.2, 0.25) is 15.1 Å². The highest BCUT2D eigenvalue weighted by molar-refractivity contribution is 6.44. The van der Waals surface area contributed by atoms with Gasteiger partial charge in [0.05, 0.1) is 39.2 Å². The number of nitrogens with one attached hydrogen (secondary N) is 2. The van der Waals surface area contributed by atoms with Gasteiger partial charge in [0.15, 0.2) is 0 Å². The third-order valence-electron chi connectivity index (χ3n) is 2.23. The molecule has 0 saturated carbocycles. The molecule has 0 fully saturated rings. The second kappa shape index (κ2) is 5.17. The normalized spacial score (nSPS) is 10.6. The van der Waals surface area contributed by atoms with Crippen LogP contribution in [0.3, 0.4) is 0 Å². The van der Waals surface area contributed by atoms with Gasteiger partial charge in [-0.1, -0.05) is 34.8 Å². The van der Waals surface area contributed by atoms with Gasteiger partial charge in [0, 0.05) is 0 Å². The molecule has 2 aromatic rings. The van der Waals surface area contributed by atoms with Crippen molar-refractivity contribution >= 4 is 40.5 Å². The van der Waals surface area contributed by atoms with Gasteiger partial charge >= 0.3 is 0 Å². The lowest BCUT2D eigenvalue weighted by atomic mass is 10.3. The fourth-order valence-corrected chi connectivity index (χ4v) is 2.02. The Morgan fingerprint density at radius 3 is 2.53 bits per heavy atom. The fraction of sp³-hybridized carbons (Fsp3) is 0.182. The number of halogens is 3. The van der Waals surface area contributed by atoms with Gasteiger partial charge < -0.3 is 10.3 Å². The zero-order valence-electron chi connectivity index (χ0n) is 9.02. The van der Waals surface area contributed by atoms with E-state index in [4.69, 9.17) is 34.8 Å². The molecule has 6 heteroatoms. The van der Waals surface area contributed by atoms with Gasteiger partial charge in [0.1, 0.15) is 5.82 Å². The number of benzene rings is 1. The van der Waals surface area contributed by atoms with Crippen LogP contribution in [-0.2, 0) is 6.54 Å². The Morgan fingerprint density at radius 2 is 1.88 bits per heavy atom. The first-order valence-electron chi connectivity index (χ1n) is 4.95. The molecule has 1 aromatic heterocycles. The standard InChI is InChI=1S/C11H10Cl3N3/c1-6-15-4-7(17-6)5-16-11-3-9(13)8(12)2-10(11)14/h2-4,16H,5H2,1H3,(H,15,17). The molecule has 90 valence electrons. The van der Waals surface area contributed by atoms with E-state index in [1.165, 1.54) is 0 Å². The molecule has 2 N–H and O–H groups in total. The second-order valence-corrected chi connectivity index (χ2v) is 4.82. The minimum absolute atomic E-state index is 0.444. The lowest BCUT2D eigenvalue weighted by Gasteiger charge is -2.08. The van der Waals surface area contributed by atoms with Crippen molar-refractivity contribution in [2.45, 2.75) is 13.5 Å². The molecule has 0 unspecified atom stereocenters. The van der Waals surface area contributed by atoms with Crippen LogP contribution < -0.4 is 5.32 Å². The first-order valence-corrected chi connectivity index (χ1v) is 6.08. The minimum atomic E-state index is 0.444. The van der Waals surface area contributed by atoms with Gasteiger partial charge in [-0.15, -0.1) is 0 Å². The number of rotatable bonds is 3. The zero-order valence-corrected chi connectivity index (χ0v) is 11.3. The van der Waals surface area contributed by atoms with E-state index in [1.54, 1.807) is 18.3 Å². The summed E-state index contributed by atoms with van der Waals surface area (Å²) < 4.78 is 0. The van der Waals surface area contributed by atoms with Crippen molar-refractivity contribution in [1.29, 1.82) is 0 Å². The summed E-state index contributed by atoms with van der Waals surface area (Å²) in [6.45, 7) is 2.49. The summed E-state index contributed by atoms with van der Waals surface area (Å²) in [5.41, 5.74) is 1.72. The smallest absolute Gasteiger partial charge is 0.103 e. The van der Waals surface area contributed by atoms with Crippen LogP contribution in [0.25, 0.3) is 0 Å². The van der Waals surface area contributed by atoms with Gasteiger partial charge in [-0.05, 0) is 19.1 Å². The van der Waals surface area contributed by atoms with E-state index in [1.807, 2.05) is 6.92 Å². The predicted molar refractivity (Wildman–Crippen MR) is 72.1 cm³/mol. The van der Waals surface area contributed by atoms with E-state index in [0.29, 0.717) is 21.6 Å². The van der Waals surface area contributed by atoms with Crippen molar-refractivity contribution in [3.05, 3.63) is 44.9 Å². The summed E-state index contributed by atoms with van der Waals surface area (Å²) in [6, 6.07) is 3.32. The molecule has 2 rings (SSSR count). The van der Waals surface area contributed by atoms with Crippen LogP contribution >= 0.6 is 34.8 Å². The van der Waals surface area contributed by atoms with Crippen LogP contribution in [0.1, 0.15) is 11.5 Å². The Hall–Kier alpha value is -0.900. The minimum Gasteiger partial charge on any atom is -0.378 e. The summed E-state index contributed by atoms with van der Waals surface area (Å²) >= 11 is 17.8. The highest BCUT2D eigenvalue weighted by Crippen LogP contribution is 2.32. The fourth-order valence-electron chi connectivity index (χ4n) is 1.41. The third-order valence-corrected chi connectivity index (χ3v) is 3.27. The van der Waals surface area contributed by atoms with E-state index in [9.17, 15) is 0 Å². The van der Waals surface area contributed by atoms with Crippen molar-refractivity contribution in [3.8, 4) is 0 Å². The largest absolute Gasteiger partial charge is 0.378 e. The molecule has 0 aliphatic carbocycles. The van der Waals surface area contributed by atoms with E-state index in [2.05, 4.69) is 15.3 Å². The summed E-state index contributed by atoms with van der Waals surface area (Å²) in [5.74, 6) is 0.877. The van der Waals surface area contributed by atoms with Gasteiger partial charge in [-0.25, -0.2) is 4.98 Å². The van der Waals surface area contributed by atoms with Crippen LogP contribution in [0.4, 0.5) is 5.69 Å². The molecular weight excluding hydrogens is 281 g/mol. The molecule has 0 atom stereocenters. The molecule has 1 heterocycles. The molecule has 17 heavy (non-hydrogen) atoms. The molecule has 0 saturated heterocycles. The monoisotopic (exact) mass is 289 g/mol. The maximum atomic E-state index is 6.04. The molecule has 0 amide bonds. The topological polar surface area (TPSA) is 40.7 Å². The molecule has 0 bridgehead atoms. The lowest BCUT2D eigenvalue weighted by molar-refractivity contribution is 1.05. The van der Waals surface area contributed by atoms with Crippen LogP contribution in [0.5, 0.6) is 0 Å². The van der Waals surface area contributed by atoms with E-state index < -0.39 is 0 Å². The number of aromatic amines is 1. The summed E-state index contributed by atoms with van der Waals surface area (Å²) in [4.78, 5) is 7.22. The van der Waals surface area contributed by atoms with Gasteiger partial charge in [0.2, 0.25) is 0 Å². The number of anilines is 1. The molecule has 0 aliphatic heterocycles. The SMILES string of the molecule is Cc1ncc(CNc2cc(Cl)c(Cl)cc2Cl)[nH]1. The number of hydrogen-bond donors (Lipinski definition) is 2. The van der Waals surface area contributed by atoms with Gasteiger partial charge in [-0.2, -0.15) is 0 Å². The number of nitrogens with zero attached hydrogens (tertiary/aromatic N) is 1. The first-order chi connectivity index (χ1) is 8.06. The third kappa shape index (κ3) is 3.06. The van der Waals surface area contributed by atoms with Crippen molar-refractivity contribution in [2.75, 3.05) is 5.32 Å². The highest BCUT2D eigenvalue weighted by atomic mass is 35.5. The van der Waals surface area contributed by atoms with Crippen LogP contribution in [-0.4, -0.2) is 9.97 Å². The average Bonchev–Trinajstić information content (AvgIpc) is 2.68. The van der Waals surface area contributed by atoms with Crippen molar-refractivity contribution in [1.82, 2.24) is 9.97 Å². The predicted octanol–water partition coefficient (Wildman–Crippen LogP) is 4.29. The Labute approximate surface area is 114 Å². The van der Waals surface area contributed by atoms with Gasteiger partial charge in [-0.3, -0.25) is 0 Å². The molecular formula is C11H10Cl3N3. The molecule has 0 spiro atoms. The maximum Gasteiger partial charge on any atom is 0.103 e. The molecule has 3 nitrogen and oxygen atoms in total. The van der Waals surface area contributed by atoms with Crippen molar-refractivity contribution in [2.24, 2.45) is 0 Å². The van der Waals surface area contributed by atoms with Crippen LogP contribution in [0, 0.1) is 6.92 Å². The second-order valence-electron chi connectivity index (χ2n) is 3.59. The van der Waals surface area contributed by atoms with Gasteiger partial charge in [0.25, 0.3) is 0 Å². The molecule has 0 radical (unpaired) electrons. The van der Waals surface area contributed by atoms with Crippen LogP contribution in [0.15, 0.2) is 18.3 Å². The highest BCUT2D eigenvalue weighted by Gasteiger charge is 2.06. The van der Waals surface area contributed by atoms with Crippen molar-refractivity contribution < 1.29 is 0 Å². The Balaban J connectivity index is 2.11. The lowest BCUT2D eigenvalue weighted by Crippen LogP contribution is -2.00. The quantitative estimate of drug-likeness (QED) is 0.828. The maximum absolute atomic E-state index is 6.04. The number of H-pyrrole nitrogens is 1. The zero-order chi connectivity index (χ0) is 12.4. The van der Waals surface area contributed by atoms with E-state index in [0.717, 1.165) is 17.2 Å². The summed E-state index contributed by atoms with van der Waals surface area (Å²) in [7, 11) is 0. The molecule has 0 aliphatic rings. The summed E-state index contributed by atoms with van der Waals surface area (Å²) in [6.07, 6.45) is 1.77. The first kappa shape index (κ1) is 12.6. The number of aromatic nitrogens is 2. The number of imidazole rings is 1. The van der Waals surface area contributed by atoms with Crippen molar-refractivity contribution in [3.63, 3.8) is 0 Å². The Morgan fingerprint density at radius 1 is 1.18 bits per heavy atom. The van der Waals surface area contributed by atoms with E-state index in [-0.39, 0.29) is 0 Å². The number of hydrogen-bond acceptors (Lipinski definition) is 2. The number of aryl methyl sites for hydroxylation is 1. The Kier molecular flexibility index (Phi) is 3.82.